The Balaban J connectivity index is 1.66. The number of carbonyl (C=O) groups is 1. The van der Waals surface area contributed by atoms with E-state index in [1.54, 1.807) is 0 Å². The van der Waals surface area contributed by atoms with E-state index >= 15 is 0 Å². The molecule has 4 aliphatic carbocycles. The number of allylic oxidation sites excluding steroid dienone is 4. The van der Waals surface area contributed by atoms with E-state index in [9.17, 15) is 9.90 Å². The predicted octanol–water partition coefficient (Wildman–Crippen LogP) is 2.88. The summed E-state index contributed by atoms with van der Waals surface area (Å²) < 4.78 is 0. The number of rotatable bonds is 0. The van der Waals surface area contributed by atoms with Crippen LogP contribution in [0, 0.1) is 29.6 Å². The van der Waals surface area contributed by atoms with E-state index in [1.807, 2.05) is 6.08 Å². The molecule has 0 amide bonds. The third-order valence-corrected chi connectivity index (χ3v) is 6.15. The molecule has 0 aliphatic heterocycles. The number of fused-ring (bicyclic) bond motifs is 5. The summed E-state index contributed by atoms with van der Waals surface area (Å²) in [7, 11) is 0. The lowest BCUT2D eigenvalue weighted by molar-refractivity contribution is -0.115. The van der Waals surface area contributed by atoms with Gasteiger partial charge in [-0.15, -0.1) is 0 Å². The minimum atomic E-state index is -0.0516. The summed E-state index contributed by atoms with van der Waals surface area (Å²) in [5.41, 5.74) is 1.29. The molecule has 0 aromatic rings. The Morgan fingerprint density at radius 2 is 1.79 bits per heavy atom. The van der Waals surface area contributed by atoms with E-state index < -0.39 is 0 Å². The Labute approximate surface area is 114 Å². The highest BCUT2D eigenvalue weighted by Gasteiger charge is 2.48. The lowest BCUT2D eigenvalue weighted by Gasteiger charge is -2.46. The van der Waals surface area contributed by atoms with E-state index in [0.29, 0.717) is 29.5 Å². The first-order chi connectivity index (χ1) is 9.24. The number of hydrogen-bond donors (Lipinski definition) is 1. The Hall–Kier alpha value is -0.890. The molecule has 4 aliphatic rings. The van der Waals surface area contributed by atoms with Crippen LogP contribution in [-0.2, 0) is 4.79 Å². The number of hydrogen-bond acceptors (Lipinski definition) is 2. The SMILES string of the molecule is O=C1C=C2C=CC3C(CCC4C(O)CCC34)C2CC1. The minimum Gasteiger partial charge on any atom is -0.393 e. The maximum absolute atomic E-state index is 11.6. The Kier molecular flexibility index (Phi) is 2.70. The zero-order chi connectivity index (χ0) is 13.0. The second-order valence-corrected chi connectivity index (χ2v) is 6.91. The van der Waals surface area contributed by atoms with Crippen molar-refractivity contribution in [2.75, 3.05) is 0 Å². The fourth-order valence-electron chi connectivity index (χ4n) is 5.30. The average Bonchev–Trinajstić information content (AvgIpc) is 2.80. The van der Waals surface area contributed by atoms with Crippen molar-refractivity contribution in [2.45, 2.75) is 44.6 Å². The van der Waals surface area contributed by atoms with Crippen molar-refractivity contribution in [3.8, 4) is 0 Å². The number of ketones is 1. The highest BCUT2D eigenvalue weighted by molar-refractivity contribution is 5.91. The van der Waals surface area contributed by atoms with Crippen LogP contribution in [0.2, 0.25) is 0 Å². The maximum atomic E-state index is 11.6. The molecule has 1 N–H and O–H groups in total. The monoisotopic (exact) mass is 258 g/mol. The van der Waals surface area contributed by atoms with Gasteiger partial charge in [0.05, 0.1) is 6.10 Å². The second-order valence-electron chi connectivity index (χ2n) is 6.91. The van der Waals surface area contributed by atoms with Gasteiger partial charge in [0, 0.05) is 6.42 Å². The van der Waals surface area contributed by atoms with E-state index in [0.717, 1.165) is 25.2 Å². The molecule has 0 bridgehead atoms. The van der Waals surface area contributed by atoms with Crippen LogP contribution in [-0.4, -0.2) is 17.0 Å². The molecular formula is C17H22O2. The highest BCUT2D eigenvalue weighted by Crippen LogP contribution is 2.54. The van der Waals surface area contributed by atoms with E-state index in [1.165, 1.54) is 24.8 Å². The standard InChI is InChI=1S/C17H22O2/c18-11-2-4-12-10(9-11)1-3-14-13(12)5-6-16-15(14)7-8-17(16)19/h1,3,9,12-17,19H,2,4-8H2. The fourth-order valence-corrected chi connectivity index (χ4v) is 5.30. The van der Waals surface area contributed by atoms with Crippen molar-refractivity contribution in [3.63, 3.8) is 0 Å². The molecule has 0 radical (unpaired) electrons. The molecule has 0 aromatic carbocycles. The van der Waals surface area contributed by atoms with Crippen LogP contribution in [0.25, 0.3) is 0 Å². The molecule has 6 atom stereocenters. The summed E-state index contributed by atoms with van der Waals surface area (Å²) in [4.78, 5) is 11.6. The fraction of sp³-hybridized carbons (Fsp3) is 0.706. The molecule has 0 aromatic heterocycles. The van der Waals surface area contributed by atoms with Crippen molar-refractivity contribution >= 4 is 5.78 Å². The van der Waals surface area contributed by atoms with Gasteiger partial charge >= 0.3 is 0 Å². The average molecular weight is 258 g/mol. The van der Waals surface area contributed by atoms with Crippen molar-refractivity contribution in [1.29, 1.82) is 0 Å². The molecule has 4 rings (SSSR count). The largest absolute Gasteiger partial charge is 0.393 e. The van der Waals surface area contributed by atoms with Gasteiger partial charge in [-0.3, -0.25) is 4.79 Å². The van der Waals surface area contributed by atoms with Crippen LogP contribution in [0.3, 0.4) is 0 Å². The van der Waals surface area contributed by atoms with Gasteiger partial charge in [-0.25, -0.2) is 0 Å². The molecule has 2 nitrogen and oxygen atoms in total. The topological polar surface area (TPSA) is 37.3 Å². The summed E-state index contributed by atoms with van der Waals surface area (Å²) in [6, 6.07) is 0. The molecular weight excluding hydrogens is 236 g/mol. The van der Waals surface area contributed by atoms with Gasteiger partial charge in [0.15, 0.2) is 5.78 Å². The van der Waals surface area contributed by atoms with Gasteiger partial charge in [0.25, 0.3) is 0 Å². The molecule has 2 heteroatoms. The molecule has 0 heterocycles. The Bertz CT molecular complexity index is 462. The first-order valence-electron chi connectivity index (χ1n) is 7.85. The van der Waals surface area contributed by atoms with Crippen LogP contribution in [0.4, 0.5) is 0 Å². The lowest BCUT2D eigenvalue weighted by Crippen LogP contribution is -2.40. The van der Waals surface area contributed by atoms with Gasteiger partial charge in [0.1, 0.15) is 0 Å². The lowest BCUT2D eigenvalue weighted by atomic mass is 9.58. The van der Waals surface area contributed by atoms with Crippen molar-refractivity contribution in [3.05, 3.63) is 23.8 Å². The van der Waals surface area contributed by atoms with Crippen molar-refractivity contribution in [2.24, 2.45) is 29.6 Å². The summed E-state index contributed by atoms with van der Waals surface area (Å²) >= 11 is 0. The van der Waals surface area contributed by atoms with E-state index in [4.69, 9.17) is 0 Å². The smallest absolute Gasteiger partial charge is 0.155 e. The maximum Gasteiger partial charge on any atom is 0.155 e. The van der Waals surface area contributed by atoms with Crippen LogP contribution in [0.5, 0.6) is 0 Å². The quantitative estimate of drug-likeness (QED) is 0.725. The number of carbonyl (C=O) groups excluding carboxylic acids is 1. The number of aliphatic hydroxyl groups excluding tert-OH is 1. The van der Waals surface area contributed by atoms with Gasteiger partial charge in [-0.2, -0.15) is 0 Å². The summed E-state index contributed by atoms with van der Waals surface area (Å²) in [5, 5.41) is 10.1. The number of aliphatic hydroxyl groups is 1. The minimum absolute atomic E-state index is 0.0516. The summed E-state index contributed by atoms with van der Waals surface area (Å²) in [5.74, 6) is 3.55. The van der Waals surface area contributed by atoms with Crippen molar-refractivity contribution in [1.82, 2.24) is 0 Å². The van der Waals surface area contributed by atoms with Crippen molar-refractivity contribution < 1.29 is 9.90 Å². The third kappa shape index (κ3) is 1.76. The van der Waals surface area contributed by atoms with Crippen LogP contribution in [0.1, 0.15) is 38.5 Å². The third-order valence-electron chi connectivity index (χ3n) is 6.15. The van der Waals surface area contributed by atoms with Crippen LogP contribution >= 0.6 is 0 Å². The molecule has 19 heavy (non-hydrogen) atoms. The molecule has 6 unspecified atom stereocenters. The molecule has 102 valence electrons. The van der Waals surface area contributed by atoms with E-state index in [2.05, 4.69) is 12.2 Å². The second kappa shape index (κ2) is 4.31. The molecule has 0 spiro atoms. The highest BCUT2D eigenvalue weighted by atomic mass is 16.3. The Morgan fingerprint density at radius 1 is 1.00 bits per heavy atom. The van der Waals surface area contributed by atoms with Gasteiger partial charge in [0.2, 0.25) is 0 Å². The first kappa shape index (κ1) is 11.9. The molecule has 2 fully saturated rings. The summed E-state index contributed by atoms with van der Waals surface area (Å²) in [6.07, 6.45) is 12.8. The zero-order valence-corrected chi connectivity index (χ0v) is 11.3. The summed E-state index contributed by atoms with van der Waals surface area (Å²) in [6.45, 7) is 0. The van der Waals surface area contributed by atoms with Gasteiger partial charge < -0.3 is 5.11 Å². The molecule has 0 saturated heterocycles. The normalized spacial score (nSPS) is 48.3. The molecule has 2 saturated carbocycles. The Morgan fingerprint density at radius 3 is 2.68 bits per heavy atom. The van der Waals surface area contributed by atoms with Gasteiger partial charge in [-0.05, 0) is 73.3 Å². The zero-order valence-electron chi connectivity index (χ0n) is 11.3. The van der Waals surface area contributed by atoms with Crippen LogP contribution in [0.15, 0.2) is 23.8 Å². The van der Waals surface area contributed by atoms with Crippen LogP contribution < -0.4 is 0 Å². The first-order valence-corrected chi connectivity index (χ1v) is 7.85. The van der Waals surface area contributed by atoms with Gasteiger partial charge in [-0.1, -0.05) is 12.2 Å². The predicted molar refractivity (Wildman–Crippen MR) is 73.4 cm³/mol. The van der Waals surface area contributed by atoms with E-state index in [-0.39, 0.29) is 6.10 Å².